The number of aromatic nitrogens is 4. The van der Waals surface area contributed by atoms with Gasteiger partial charge in [-0.2, -0.15) is 5.10 Å². The average molecular weight is 444 g/mol. The number of fused-ring (bicyclic) bond motifs is 1. The van der Waals surface area contributed by atoms with Crippen LogP contribution >= 0.6 is 0 Å². The molecule has 168 valence electrons. The predicted molar refractivity (Wildman–Crippen MR) is 123 cm³/mol. The van der Waals surface area contributed by atoms with Gasteiger partial charge in [-0.15, -0.1) is 0 Å². The summed E-state index contributed by atoms with van der Waals surface area (Å²) in [6.45, 7) is 2.65. The zero-order valence-electron chi connectivity index (χ0n) is 17.9. The van der Waals surface area contributed by atoms with Gasteiger partial charge in [0, 0.05) is 49.7 Å². The Kier molecular flexibility index (Phi) is 5.86. The zero-order valence-corrected chi connectivity index (χ0v) is 17.9. The first-order valence-corrected chi connectivity index (χ1v) is 10.9. The van der Waals surface area contributed by atoms with Crippen LogP contribution in [0.15, 0.2) is 61.1 Å². The first-order chi connectivity index (χ1) is 16.1. The quantitative estimate of drug-likeness (QED) is 0.431. The number of likely N-dealkylation sites (tertiary alicyclic amines) is 1. The van der Waals surface area contributed by atoms with Gasteiger partial charge in [0.15, 0.2) is 5.65 Å². The van der Waals surface area contributed by atoms with Crippen molar-refractivity contribution in [1.82, 2.24) is 30.4 Å². The molecule has 9 heteroatoms. The smallest absolute Gasteiger partial charge is 0.412 e. The third-order valence-electron chi connectivity index (χ3n) is 5.79. The Labute approximate surface area is 190 Å². The van der Waals surface area contributed by atoms with Crippen molar-refractivity contribution in [2.45, 2.75) is 25.4 Å². The van der Waals surface area contributed by atoms with E-state index in [9.17, 15) is 9.90 Å². The molecule has 1 fully saturated rings. The van der Waals surface area contributed by atoms with Crippen LogP contribution in [-0.2, 0) is 6.54 Å². The number of nitrogens with one attached hydrogen (secondary N) is 2. The summed E-state index contributed by atoms with van der Waals surface area (Å²) >= 11 is 0. The molecular formula is C24H24N6O3. The third kappa shape index (κ3) is 4.93. The lowest BCUT2D eigenvalue weighted by molar-refractivity contribution is 0.169. The van der Waals surface area contributed by atoms with Crippen molar-refractivity contribution in [3.05, 3.63) is 66.6 Å². The molecular weight excluding hydrogens is 420 g/mol. The van der Waals surface area contributed by atoms with Crippen LogP contribution in [0.2, 0.25) is 0 Å². The number of carbonyl (C=O) groups is 1. The lowest BCUT2D eigenvalue weighted by atomic mass is 10.0. The molecule has 5 rings (SSSR count). The van der Waals surface area contributed by atoms with Crippen LogP contribution in [0.5, 0.6) is 11.5 Å². The van der Waals surface area contributed by atoms with Crippen molar-refractivity contribution in [3.8, 4) is 22.8 Å². The largest absolute Gasteiger partial charge is 0.508 e. The first-order valence-electron chi connectivity index (χ1n) is 10.9. The van der Waals surface area contributed by atoms with Gasteiger partial charge in [-0.1, -0.05) is 6.07 Å². The molecule has 3 aromatic heterocycles. The first kappa shape index (κ1) is 20.9. The molecule has 1 amide bonds. The maximum atomic E-state index is 12.7. The fourth-order valence-corrected chi connectivity index (χ4v) is 4.05. The van der Waals surface area contributed by atoms with Gasteiger partial charge in [-0.3, -0.25) is 15.0 Å². The highest BCUT2D eigenvalue weighted by molar-refractivity contribution is 5.87. The van der Waals surface area contributed by atoms with Gasteiger partial charge in [0.2, 0.25) is 0 Å². The number of nitrogens with zero attached hydrogens (tertiary/aromatic N) is 4. The van der Waals surface area contributed by atoms with Crippen LogP contribution in [0.4, 0.5) is 4.79 Å². The number of benzene rings is 1. The summed E-state index contributed by atoms with van der Waals surface area (Å²) in [6.07, 6.45) is 6.46. The highest BCUT2D eigenvalue weighted by Crippen LogP contribution is 2.30. The van der Waals surface area contributed by atoms with E-state index in [0.717, 1.165) is 38.0 Å². The van der Waals surface area contributed by atoms with Gasteiger partial charge in [0.1, 0.15) is 11.5 Å². The molecule has 1 aliphatic rings. The number of hydrogen-bond donors (Lipinski definition) is 3. The van der Waals surface area contributed by atoms with Crippen LogP contribution in [0.25, 0.3) is 22.3 Å². The minimum Gasteiger partial charge on any atom is -0.508 e. The van der Waals surface area contributed by atoms with Crippen molar-refractivity contribution in [2.24, 2.45) is 0 Å². The maximum absolute atomic E-state index is 12.7. The van der Waals surface area contributed by atoms with Gasteiger partial charge in [0.05, 0.1) is 17.3 Å². The molecule has 4 heterocycles. The van der Waals surface area contributed by atoms with E-state index in [2.05, 4.69) is 36.4 Å². The highest BCUT2D eigenvalue weighted by atomic mass is 16.6. The van der Waals surface area contributed by atoms with E-state index < -0.39 is 6.09 Å². The number of piperidine rings is 1. The van der Waals surface area contributed by atoms with Crippen molar-refractivity contribution in [1.29, 1.82) is 0 Å². The van der Waals surface area contributed by atoms with Gasteiger partial charge < -0.3 is 15.2 Å². The topological polar surface area (TPSA) is 116 Å². The standard InChI is InChI=1S/C24H24N6O3/c31-19-5-3-17(4-6-19)21-12-22(20-14-26-29-23(20)28-21)33-24(32)27-18-7-10-30(11-8-18)15-16-2-1-9-25-13-16/h1-6,9,12-14,18,31H,7-8,10-11,15H2,(H,27,32)(H,26,28,29). The second-order valence-electron chi connectivity index (χ2n) is 8.13. The fourth-order valence-electron chi connectivity index (χ4n) is 4.05. The Bertz CT molecular complexity index is 1230. The highest BCUT2D eigenvalue weighted by Gasteiger charge is 2.22. The van der Waals surface area contributed by atoms with E-state index in [1.165, 1.54) is 5.56 Å². The number of aromatic amines is 1. The summed E-state index contributed by atoms with van der Waals surface area (Å²) in [4.78, 5) is 23.7. The Morgan fingerprint density at radius 2 is 2.00 bits per heavy atom. The molecule has 0 aliphatic carbocycles. The molecule has 0 bridgehead atoms. The van der Waals surface area contributed by atoms with Crippen LogP contribution in [-0.4, -0.2) is 55.4 Å². The minimum atomic E-state index is -0.494. The lowest BCUT2D eigenvalue weighted by Gasteiger charge is -2.32. The summed E-state index contributed by atoms with van der Waals surface area (Å²) in [5, 5.41) is 20.0. The number of amides is 1. The average Bonchev–Trinajstić information content (AvgIpc) is 3.31. The molecule has 0 saturated carbocycles. The van der Waals surface area contributed by atoms with Gasteiger partial charge >= 0.3 is 6.09 Å². The Hall–Kier alpha value is -3.98. The number of H-pyrrole nitrogens is 1. The second kappa shape index (κ2) is 9.25. The molecule has 1 aromatic carbocycles. The van der Waals surface area contributed by atoms with Gasteiger partial charge in [-0.25, -0.2) is 9.78 Å². The van der Waals surface area contributed by atoms with E-state index in [1.807, 2.05) is 12.3 Å². The molecule has 0 unspecified atom stereocenters. The van der Waals surface area contributed by atoms with Crippen molar-refractivity contribution in [3.63, 3.8) is 0 Å². The van der Waals surface area contributed by atoms with Crippen molar-refractivity contribution < 1.29 is 14.6 Å². The third-order valence-corrected chi connectivity index (χ3v) is 5.79. The SMILES string of the molecule is O=C(NC1CCN(Cc2cccnc2)CC1)Oc1cc(-c2ccc(O)cc2)nc2[nH]ncc12. The zero-order chi connectivity index (χ0) is 22.6. The molecule has 33 heavy (non-hydrogen) atoms. The van der Waals surface area contributed by atoms with E-state index >= 15 is 0 Å². The molecule has 0 spiro atoms. The number of hydrogen-bond acceptors (Lipinski definition) is 7. The van der Waals surface area contributed by atoms with Crippen LogP contribution < -0.4 is 10.1 Å². The molecule has 1 aliphatic heterocycles. The number of rotatable bonds is 5. The van der Waals surface area contributed by atoms with Crippen molar-refractivity contribution in [2.75, 3.05) is 13.1 Å². The summed E-state index contributed by atoms with van der Waals surface area (Å²) in [7, 11) is 0. The van der Waals surface area contributed by atoms with Crippen molar-refractivity contribution >= 4 is 17.1 Å². The fraction of sp³-hybridized carbons (Fsp3) is 0.250. The minimum absolute atomic E-state index is 0.0564. The van der Waals surface area contributed by atoms with E-state index in [1.54, 1.807) is 42.7 Å². The molecule has 4 aromatic rings. The number of carbonyl (C=O) groups excluding carboxylic acids is 1. The Morgan fingerprint density at radius 1 is 1.18 bits per heavy atom. The summed E-state index contributed by atoms with van der Waals surface area (Å²) < 4.78 is 5.68. The lowest BCUT2D eigenvalue weighted by Crippen LogP contribution is -2.45. The number of phenols is 1. The van der Waals surface area contributed by atoms with E-state index in [0.29, 0.717) is 22.5 Å². The van der Waals surface area contributed by atoms with Crippen LogP contribution in [0.3, 0.4) is 0 Å². The Balaban J connectivity index is 1.22. The molecule has 9 nitrogen and oxygen atoms in total. The number of phenolic OH excluding ortho intramolecular Hbond substituents is 1. The number of ether oxygens (including phenoxy) is 1. The summed E-state index contributed by atoms with van der Waals surface area (Å²) in [6, 6.07) is 12.5. The second-order valence-corrected chi connectivity index (χ2v) is 8.13. The van der Waals surface area contributed by atoms with Crippen LogP contribution in [0, 0.1) is 0 Å². The normalized spacial score (nSPS) is 14.9. The van der Waals surface area contributed by atoms with Crippen LogP contribution in [0.1, 0.15) is 18.4 Å². The summed E-state index contributed by atoms with van der Waals surface area (Å²) in [5.41, 5.74) is 3.11. The monoisotopic (exact) mass is 444 g/mol. The maximum Gasteiger partial charge on any atom is 0.412 e. The van der Waals surface area contributed by atoms with Gasteiger partial charge in [0.25, 0.3) is 0 Å². The Morgan fingerprint density at radius 3 is 2.76 bits per heavy atom. The molecule has 0 radical (unpaired) electrons. The van der Waals surface area contributed by atoms with E-state index in [4.69, 9.17) is 4.74 Å². The van der Waals surface area contributed by atoms with Gasteiger partial charge in [-0.05, 0) is 48.7 Å². The van der Waals surface area contributed by atoms with E-state index in [-0.39, 0.29) is 11.8 Å². The number of pyridine rings is 2. The number of aromatic hydroxyl groups is 1. The predicted octanol–water partition coefficient (Wildman–Crippen LogP) is 3.48. The molecule has 1 saturated heterocycles. The molecule has 0 atom stereocenters. The molecule has 3 N–H and O–H groups in total. The summed E-state index contributed by atoms with van der Waals surface area (Å²) in [5.74, 6) is 0.548.